The van der Waals surface area contributed by atoms with Crippen LogP contribution in [0.2, 0.25) is 0 Å². The molecule has 29 heavy (non-hydrogen) atoms. The largest absolute Gasteiger partial charge is 0.462 e. The van der Waals surface area contributed by atoms with Gasteiger partial charge in [-0.2, -0.15) is 0 Å². The van der Waals surface area contributed by atoms with Crippen molar-refractivity contribution in [3.63, 3.8) is 0 Å². The van der Waals surface area contributed by atoms with Crippen molar-refractivity contribution in [1.82, 2.24) is 4.90 Å². The Morgan fingerprint density at radius 3 is 2.17 bits per heavy atom. The normalized spacial score (nSPS) is 14.3. The molecule has 0 saturated carbocycles. The molecule has 2 amide bonds. The second kappa shape index (κ2) is 9.69. The van der Waals surface area contributed by atoms with Crippen molar-refractivity contribution in [3.8, 4) is 0 Å². The van der Waals surface area contributed by atoms with E-state index in [9.17, 15) is 14.4 Å². The topological polar surface area (TPSA) is 75.7 Å². The molecule has 152 valence electrons. The predicted molar refractivity (Wildman–Crippen MR) is 114 cm³/mol. The summed E-state index contributed by atoms with van der Waals surface area (Å²) in [5.41, 5.74) is 1.74. The zero-order chi connectivity index (χ0) is 20.8. The number of piperidine rings is 1. The molecule has 6 nitrogen and oxygen atoms in total. The number of hydrogen-bond acceptors (Lipinski definition) is 4. The molecular formula is C22H23BrN2O4. The van der Waals surface area contributed by atoms with Crippen LogP contribution in [-0.4, -0.2) is 42.4 Å². The summed E-state index contributed by atoms with van der Waals surface area (Å²) < 4.78 is 5.88. The molecule has 2 aromatic rings. The molecule has 0 aliphatic carbocycles. The number of hydrogen-bond donors (Lipinski definition) is 1. The monoisotopic (exact) mass is 458 g/mol. The van der Waals surface area contributed by atoms with Gasteiger partial charge >= 0.3 is 5.97 Å². The molecule has 2 aromatic carbocycles. The Kier molecular flexibility index (Phi) is 7.04. The summed E-state index contributed by atoms with van der Waals surface area (Å²) in [6.07, 6.45) is 1.24. The number of ether oxygens (including phenoxy) is 1. The molecular weight excluding hydrogens is 436 g/mol. The van der Waals surface area contributed by atoms with Gasteiger partial charge in [-0.05, 0) is 68.3 Å². The highest BCUT2D eigenvalue weighted by atomic mass is 79.9. The highest BCUT2D eigenvalue weighted by Gasteiger charge is 2.28. The van der Waals surface area contributed by atoms with Crippen LogP contribution in [-0.2, 0) is 9.53 Å². The Bertz CT molecular complexity index is 873. The zero-order valence-electron chi connectivity index (χ0n) is 16.2. The van der Waals surface area contributed by atoms with Crippen molar-refractivity contribution in [1.29, 1.82) is 0 Å². The minimum atomic E-state index is -0.381. The van der Waals surface area contributed by atoms with Gasteiger partial charge in [0.1, 0.15) is 0 Å². The molecule has 0 radical (unpaired) electrons. The number of amides is 2. The SMILES string of the molecule is CCOC(=O)c1ccc(NC(=O)C2CCN(C(=O)c3ccc(Br)cc3)CC2)cc1. The summed E-state index contributed by atoms with van der Waals surface area (Å²) in [5, 5.41) is 2.89. The summed E-state index contributed by atoms with van der Waals surface area (Å²) in [5.74, 6) is -0.600. The number of likely N-dealkylation sites (tertiary alicyclic amines) is 1. The van der Waals surface area contributed by atoms with Crippen molar-refractivity contribution in [2.75, 3.05) is 25.0 Å². The van der Waals surface area contributed by atoms with Crippen molar-refractivity contribution in [2.45, 2.75) is 19.8 Å². The number of anilines is 1. The number of rotatable bonds is 5. The maximum atomic E-state index is 12.6. The molecule has 0 bridgehead atoms. The molecule has 1 saturated heterocycles. The van der Waals surface area contributed by atoms with Crippen LogP contribution in [0.5, 0.6) is 0 Å². The summed E-state index contributed by atoms with van der Waals surface area (Å²) in [6.45, 7) is 3.17. The van der Waals surface area contributed by atoms with Gasteiger partial charge < -0.3 is 15.0 Å². The zero-order valence-corrected chi connectivity index (χ0v) is 17.8. The van der Waals surface area contributed by atoms with Crippen LogP contribution in [0.15, 0.2) is 53.0 Å². The van der Waals surface area contributed by atoms with Gasteiger partial charge in [0.05, 0.1) is 12.2 Å². The Labute approximate surface area is 178 Å². The van der Waals surface area contributed by atoms with Gasteiger partial charge in [0.2, 0.25) is 5.91 Å². The summed E-state index contributed by atoms with van der Waals surface area (Å²) in [7, 11) is 0. The van der Waals surface area contributed by atoms with E-state index in [-0.39, 0.29) is 23.7 Å². The Morgan fingerprint density at radius 2 is 1.59 bits per heavy atom. The molecule has 3 rings (SSSR count). The van der Waals surface area contributed by atoms with Crippen LogP contribution >= 0.6 is 15.9 Å². The van der Waals surface area contributed by atoms with Crippen LogP contribution in [0.1, 0.15) is 40.5 Å². The standard InChI is InChI=1S/C22H23BrN2O4/c1-2-29-22(28)17-5-9-19(10-6-17)24-20(26)15-11-13-25(14-12-15)21(27)16-3-7-18(23)8-4-16/h3-10,15H,2,11-14H2,1H3,(H,24,26). The van der Waals surface area contributed by atoms with Gasteiger partial charge in [0.15, 0.2) is 0 Å². The van der Waals surface area contributed by atoms with E-state index < -0.39 is 0 Å². The predicted octanol–water partition coefficient (Wildman–Crippen LogP) is 4.12. The second-order valence-corrected chi connectivity index (χ2v) is 7.78. The lowest BCUT2D eigenvalue weighted by Crippen LogP contribution is -2.41. The number of nitrogens with zero attached hydrogens (tertiary/aromatic N) is 1. The maximum Gasteiger partial charge on any atom is 0.338 e. The fourth-order valence-corrected chi connectivity index (χ4v) is 3.53. The molecule has 0 aromatic heterocycles. The van der Waals surface area contributed by atoms with E-state index in [2.05, 4.69) is 21.2 Å². The minimum absolute atomic E-state index is 0.00841. The lowest BCUT2D eigenvalue weighted by Gasteiger charge is -2.31. The highest BCUT2D eigenvalue weighted by Crippen LogP contribution is 2.22. The van der Waals surface area contributed by atoms with E-state index in [1.54, 1.807) is 48.2 Å². The van der Waals surface area contributed by atoms with Gasteiger partial charge in [0, 0.05) is 34.7 Å². The number of esters is 1. The van der Waals surface area contributed by atoms with E-state index in [0.29, 0.717) is 49.4 Å². The first kappa shape index (κ1) is 21.0. The van der Waals surface area contributed by atoms with Gasteiger partial charge in [-0.1, -0.05) is 15.9 Å². The molecule has 0 spiro atoms. The third-order valence-electron chi connectivity index (χ3n) is 4.91. The Morgan fingerprint density at radius 1 is 1.00 bits per heavy atom. The van der Waals surface area contributed by atoms with Crippen molar-refractivity contribution in [2.24, 2.45) is 5.92 Å². The summed E-state index contributed by atoms with van der Waals surface area (Å²) >= 11 is 3.37. The van der Waals surface area contributed by atoms with Crippen LogP contribution in [0, 0.1) is 5.92 Å². The van der Waals surface area contributed by atoms with E-state index >= 15 is 0 Å². The smallest absolute Gasteiger partial charge is 0.338 e. The van der Waals surface area contributed by atoms with Crippen molar-refractivity contribution in [3.05, 3.63) is 64.1 Å². The minimum Gasteiger partial charge on any atom is -0.462 e. The molecule has 7 heteroatoms. The van der Waals surface area contributed by atoms with Crippen molar-refractivity contribution < 1.29 is 19.1 Å². The molecule has 1 fully saturated rings. The first-order chi connectivity index (χ1) is 14.0. The van der Waals surface area contributed by atoms with E-state index in [1.165, 1.54) is 0 Å². The van der Waals surface area contributed by atoms with Gasteiger partial charge in [-0.3, -0.25) is 9.59 Å². The highest BCUT2D eigenvalue weighted by molar-refractivity contribution is 9.10. The Hall–Kier alpha value is -2.67. The summed E-state index contributed by atoms with van der Waals surface area (Å²) in [4.78, 5) is 38.6. The number of carbonyl (C=O) groups is 3. The lowest BCUT2D eigenvalue weighted by molar-refractivity contribution is -0.121. The number of carbonyl (C=O) groups excluding carboxylic acids is 3. The fourth-order valence-electron chi connectivity index (χ4n) is 3.27. The van der Waals surface area contributed by atoms with Gasteiger partial charge in [-0.25, -0.2) is 4.79 Å². The number of benzene rings is 2. The van der Waals surface area contributed by atoms with Gasteiger partial charge in [0.25, 0.3) is 5.91 Å². The second-order valence-electron chi connectivity index (χ2n) is 6.86. The first-order valence-corrected chi connectivity index (χ1v) is 10.4. The molecule has 0 unspecified atom stereocenters. The van der Waals surface area contributed by atoms with Crippen LogP contribution < -0.4 is 5.32 Å². The van der Waals surface area contributed by atoms with Crippen LogP contribution in [0.4, 0.5) is 5.69 Å². The quantitative estimate of drug-likeness (QED) is 0.683. The average Bonchev–Trinajstić information content (AvgIpc) is 2.74. The fraction of sp³-hybridized carbons (Fsp3) is 0.318. The molecule has 0 atom stereocenters. The average molecular weight is 459 g/mol. The molecule has 1 N–H and O–H groups in total. The van der Waals surface area contributed by atoms with E-state index in [1.807, 2.05) is 12.1 Å². The third-order valence-corrected chi connectivity index (χ3v) is 5.44. The van der Waals surface area contributed by atoms with Crippen molar-refractivity contribution >= 4 is 39.4 Å². The first-order valence-electron chi connectivity index (χ1n) is 9.61. The van der Waals surface area contributed by atoms with E-state index in [0.717, 1.165) is 4.47 Å². The number of nitrogens with one attached hydrogen (secondary N) is 1. The van der Waals surface area contributed by atoms with Crippen LogP contribution in [0.25, 0.3) is 0 Å². The maximum absolute atomic E-state index is 12.6. The molecule has 1 heterocycles. The molecule has 1 aliphatic rings. The number of halogens is 1. The van der Waals surface area contributed by atoms with Crippen LogP contribution in [0.3, 0.4) is 0 Å². The molecule has 1 aliphatic heterocycles. The van der Waals surface area contributed by atoms with Gasteiger partial charge in [-0.15, -0.1) is 0 Å². The lowest BCUT2D eigenvalue weighted by atomic mass is 9.95. The van der Waals surface area contributed by atoms with E-state index in [4.69, 9.17) is 4.74 Å². The third kappa shape index (κ3) is 5.44. The summed E-state index contributed by atoms with van der Waals surface area (Å²) in [6, 6.07) is 13.9. The Balaban J connectivity index is 1.51.